The minimum atomic E-state index is 0.718. The van der Waals surface area contributed by atoms with E-state index in [1.807, 2.05) is 25.1 Å². The molecule has 0 atom stereocenters. The van der Waals surface area contributed by atoms with Crippen molar-refractivity contribution in [3.8, 4) is 5.75 Å². The van der Waals surface area contributed by atoms with Crippen LogP contribution in [0.3, 0.4) is 0 Å². The maximum absolute atomic E-state index is 5.00. The first-order chi connectivity index (χ1) is 4.83. The zero-order valence-electron chi connectivity index (χ0n) is 5.92. The number of hydrogen-bond donors (Lipinski definition) is 0. The fourth-order valence-electron chi connectivity index (χ4n) is 0.710. The van der Waals surface area contributed by atoms with Gasteiger partial charge in [-0.1, -0.05) is 18.7 Å². The summed E-state index contributed by atoms with van der Waals surface area (Å²) in [6.45, 7) is 5.45. The molecule has 0 saturated heterocycles. The van der Waals surface area contributed by atoms with Gasteiger partial charge < -0.3 is 4.74 Å². The van der Waals surface area contributed by atoms with Gasteiger partial charge >= 0.3 is 0 Å². The fraction of sp³-hybridized carbons (Fsp3) is 0.111. The zero-order valence-corrected chi connectivity index (χ0v) is 5.92. The predicted molar refractivity (Wildman–Crippen MR) is 40.8 cm³/mol. The van der Waals surface area contributed by atoms with E-state index in [9.17, 15) is 0 Å². The minimum Gasteiger partial charge on any atom is -0.465 e. The maximum Gasteiger partial charge on any atom is 0.134 e. The lowest BCUT2D eigenvalue weighted by Crippen LogP contribution is -1.80. The standard InChI is InChI=1S/C9H9O/c1-3-10-9-6-4-5-8(2)7-9/h3-5,7H,1H2,2H3. The molecule has 1 nitrogen and oxygen atoms in total. The molecule has 0 unspecified atom stereocenters. The molecule has 1 aromatic rings. The predicted octanol–water partition coefficient (Wildman–Crippen LogP) is 2.32. The van der Waals surface area contributed by atoms with E-state index < -0.39 is 0 Å². The average molecular weight is 133 g/mol. The molecule has 0 aromatic heterocycles. The van der Waals surface area contributed by atoms with Crippen molar-refractivity contribution in [2.24, 2.45) is 0 Å². The lowest BCUT2D eigenvalue weighted by molar-refractivity contribution is 0.482. The lowest BCUT2D eigenvalue weighted by Gasteiger charge is -1.97. The van der Waals surface area contributed by atoms with Crippen LogP contribution in [0, 0.1) is 13.0 Å². The van der Waals surface area contributed by atoms with E-state index in [0.29, 0.717) is 0 Å². The van der Waals surface area contributed by atoms with E-state index in [4.69, 9.17) is 4.74 Å². The first-order valence-electron chi connectivity index (χ1n) is 3.09. The van der Waals surface area contributed by atoms with Gasteiger partial charge in [-0.2, -0.15) is 0 Å². The monoisotopic (exact) mass is 133 g/mol. The van der Waals surface area contributed by atoms with Crippen LogP contribution in [0.5, 0.6) is 5.75 Å². The molecule has 10 heavy (non-hydrogen) atoms. The molecule has 1 radical (unpaired) electrons. The van der Waals surface area contributed by atoms with Crippen molar-refractivity contribution < 1.29 is 4.74 Å². The molecule has 0 bridgehead atoms. The number of rotatable bonds is 2. The Labute approximate surface area is 61.0 Å². The number of ether oxygens (including phenoxy) is 1. The Balaban J connectivity index is 2.84. The van der Waals surface area contributed by atoms with Crippen LogP contribution >= 0.6 is 0 Å². The van der Waals surface area contributed by atoms with Gasteiger partial charge in [-0.25, -0.2) is 0 Å². The van der Waals surface area contributed by atoms with Gasteiger partial charge in [-0.05, 0) is 18.6 Å². The van der Waals surface area contributed by atoms with Gasteiger partial charge in [-0.3, -0.25) is 0 Å². The Kier molecular flexibility index (Phi) is 2.11. The van der Waals surface area contributed by atoms with Gasteiger partial charge in [0.2, 0.25) is 0 Å². The summed E-state index contributed by atoms with van der Waals surface area (Å²) >= 11 is 0. The molecule has 0 spiro atoms. The first kappa shape index (κ1) is 6.87. The second-order valence-corrected chi connectivity index (χ2v) is 2.01. The van der Waals surface area contributed by atoms with E-state index in [-0.39, 0.29) is 0 Å². The maximum atomic E-state index is 5.00. The summed E-state index contributed by atoms with van der Waals surface area (Å²) in [5.74, 6) is 0.718. The third kappa shape index (κ3) is 1.62. The van der Waals surface area contributed by atoms with E-state index in [2.05, 4.69) is 12.6 Å². The van der Waals surface area contributed by atoms with Crippen LogP contribution in [-0.2, 0) is 0 Å². The average Bonchev–Trinajstić information content (AvgIpc) is 1.88. The van der Waals surface area contributed by atoms with Gasteiger partial charge in [0, 0.05) is 6.07 Å². The first-order valence-corrected chi connectivity index (χ1v) is 3.09. The summed E-state index contributed by atoms with van der Waals surface area (Å²) in [5, 5.41) is 0. The van der Waals surface area contributed by atoms with Crippen LogP contribution in [0.25, 0.3) is 0 Å². The zero-order chi connectivity index (χ0) is 7.40. The summed E-state index contributed by atoms with van der Waals surface area (Å²) in [6, 6.07) is 8.62. The normalized spacial score (nSPS) is 8.90. The molecule has 0 aliphatic carbocycles. The summed E-state index contributed by atoms with van der Waals surface area (Å²) in [6.07, 6.45) is 1.39. The number of benzene rings is 1. The molecule has 0 aliphatic heterocycles. The molecule has 1 rings (SSSR count). The van der Waals surface area contributed by atoms with Crippen molar-refractivity contribution in [3.05, 3.63) is 42.7 Å². The smallest absolute Gasteiger partial charge is 0.134 e. The number of aryl methyl sites for hydroxylation is 1. The third-order valence-corrected chi connectivity index (χ3v) is 1.14. The number of hydrogen-bond acceptors (Lipinski definition) is 1. The van der Waals surface area contributed by atoms with Crippen LogP contribution in [0.15, 0.2) is 31.0 Å². The Morgan fingerprint density at radius 1 is 1.70 bits per heavy atom. The van der Waals surface area contributed by atoms with E-state index >= 15 is 0 Å². The van der Waals surface area contributed by atoms with Crippen LogP contribution < -0.4 is 4.74 Å². The summed E-state index contributed by atoms with van der Waals surface area (Å²) in [7, 11) is 0. The Morgan fingerprint density at radius 3 is 3.10 bits per heavy atom. The highest BCUT2D eigenvalue weighted by molar-refractivity contribution is 5.26. The molecule has 0 N–H and O–H groups in total. The summed E-state index contributed by atoms with van der Waals surface area (Å²) < 4.78 is 5.00. The topological polar surface area (TPSA) is 9.23 Å². The minimum absolute atomic E-state index is 0.718. The molecule has 0 heterocycles. The largest absolute Gasteiger partial charge is 0.465 e. The SMILES string of the molecule is C=COc1[c]ccc(C)c1. The van der Waals surface area contributed by atoms with Gasteiger partial charge in [-0.15, -0.1) is 0 Å². The summed E-state index contributed by atoms with van der Waals surface area (Å²) in [4.78, 5) is 0. The van der Waals surface area contributed by atoms with E-state index in [0.717, 1.165) is 11.3 Å². The van der Waals surface area contributed by atoms with Crippen LogP contribution in [-0.4, -0.2) is 0 Å². The molecular weight excluding hydrogens is 124 g/mol. The van der Waals surface area contributed by atoms with Gasteiger partial charge in [0.25, 0.3) is 0 Å². The molecule has 0 saturated carbocycles. The fourth-order valence-corrected chi connectivity index (χ4v) is 0.710. The molecule has 0 amide bonds. The highest BCUT2D eigenvalue weighted by Crippen LogP contribution is 2.10. The van der Waals surface area contributed by atoms with Crippen molar-refractivity contribution in [2.75, 3.05) is 0 Å². The highest BCUT2D eigenvalue weighted by atomic mass is 16.5. The molecule has 1 heteroatoms. The van der Waals surface area contributed by atoms with Gasteiger partial charge in [0.15, 0.2) is 0 Å². The van der Waals surface area contributed by atoms with E-state index in [1.54, 1.807) is 0 Å². The van der Waals surface area contributed by atoms with Crippen LogP contribution in [0.1, 0.15) is 5.56 Å². The van der Waals surface area contributed by atoms with Crippen molar-refractivity contribution in [2.45, 2.75) is 6.92 Å². The van der Waals surface area contributed by atoms with Crippen molar-refractivity contribution in [1.29, 1.82) is 0 Å². The van der Waals surface area contributed by atoms with Crippen LogP contribution in [0.4, 0.5) is 0 Å². The third-order valence-electron chi connectivity index (χ3n) is 1.14. The molecule has 0 fully saturated rings. The van der Waals surface area contributed by atoms with Crippen molar-refractivity contribution in [1.82, 2.24) is 0 Å². The van der Waals surface area contributed by atoms with Crippen LogP contribution in [0.2, 0.25) is 0 Å². The molecule has 1 aromatic carbocycles. The second-order valence-electron chi connectivity index (χ2n) is 2.01. The summed E-state index contributed by atoms with van der Waals surface area (Å²) in [5.41, 5.74) is 1.16. The van der Waals surface area contributed by atoms with E-state index in [1.165, 1.54) is 6.26 Å². The Hall–Kier alpha value is -1.24. The van der Waals surface area contributed by atoms with Gasteiger partial charge in [0.1, 0.15) is 5.75 Å². The Morgan fingerprint density at radius 2 is 2.50 bits per heavy atom. The van der Waals surface area contributed by atoms with Crippen molar-refractivity contribution >= 4 is 0 Å². The van der Waals surface area contributed by atoms with Gasteiger partial charge in [0.05, 0.1) is 6.26 Å². The molecule has 51 valence electrons. The quantitative estimate of drug-likeness (QED) is 0.562. The highest BCUT2D eigenvalue weighted by Gasteiger charge is 1.88. The lowest BCUT2D eigenvalue weighted by atomic mass is 10.2. The van der Waals surface area contributed by atoms with Crippen molar-refractivity contribution in [3.63, 3.8) is 0 Å². The Bertz CT molecular complexity index is 228. The molecular formula is C9H9O. The second kappa shape index (κ2) is 3.06. The molecule has 0 aliphatic rings.